The molecule has 1 radical (unpaired) electrons. The molecule has 1 aromatic rings. The maximum atomic E-state index is 10.5. The fourth-order valence-electron chi connectivity index (χ4n) is 1.02. The number of hydrogen-bond donors (Lipinski definition) is 1. The fraction of sp³-hybridized carbons (Fsp3) is 0.200. The molecule has 1 N–H and O–H groups in total. The van der Waals surface area contributed by atoms with Crippen LogP contribution in [0.1, 0.15) is 11.1 Å². The van der Waals surface area contributed by atoms with Crippen LogP contribution in [0.5, 0.6) is 0 Å². The number of aliphatic carboxylic acids is 1. The minimum Gasteiger partial charge on any atom is -0.480 e. The molecule has 0 heterocycles. The quantitative estimate of drug-likeness (QED) is 0.768. The first-order valence-corrected chi connectivity index (χ1v) is 4.34. The van der Waals surface area contributed by atoms with E-state index in [1.54, 1.807) is 18.2 Å². The minimum absolute atomic E-state index is 0.136. The molecular weight excluding hydrogens is 202 g/mol. The third-order valence-corrected chi connectivity index (χ3v) is 2.08. The Kier molecular flexibility index (Phi) is 3.49. The van der Waals surface area contributed by atoms with Crippen LogP contribution < -0.4 is 0 Å². The standard InChI is InChI=1S/C10H7ClNO2/c11-9(10(13)14)5-7-3-1-2-4-8(7)6-12/h2-4,9H,5H2,(H,13,14). The number of benzene rings is 1. The Balaban J connectivity index is 2.87. The van der Waals surface area contributed by atoms with Gasteiger partial charge in [-0.25, -0.2) is 0 Å². The molecular formula is C10H7ClNO2. The Hall–Kier alpha value is -1.53. The number of nitriles is 1. The summed E-state index contributed by atoms with van der Waals surface area (Å²) in [4.78, 5) is 10.5. The van der Waals surface area contributed by atoms with Gasteiger partial charge in [-0.05, 0) is 23.8 Å². The van der Waals surface area contributed by atoms with Crippen LogP contribution >= 0.6 is 11.6 Å². The summed E-state index contributed by atoms with van der Waals surface area (Å²) in [5, 5.41) is 16.3. The zero-order chi connectivity index (χ0) is 10.6. The Morgan fingerprint density at radius 3 is 3.07 bits per heavy atom. The van der Waals surface area contributed by atoms with Crippen molar-refractivity contribution in [3.8, 4) is 6.07 Å². The van der Waals surface area contributed by atoms with E-state index in [9.17, 15) is 4.79 Å². The van der Waals surface area contributed by atoms with Crippen molar-refractivity contribution in [2.45, 2.75) is 11.8 Å². The number of carboxylic acids is 1. The highest BCUT2D eigenvalue weighted by Crippen LogP contribution is 2.12. The van der Waals surface area contributed by atoms with Crippen LogP contribution in [0.3, 0.4) is 0 Å². The molecule has 1 atom stereocenters. The van der Waals surface area contributed by atoms with Crippen LogP contribution in [0.25, 0.3) is 0 Å². The van der Waals surface area contributed by atoms with Crippen LogP contribution in [0, 0.1) is 17.4 Å². The third kappa shape index (κ3) is 2.48. The summed E-state index contributed by atoms with van der Waals surface area (Å²) >= 11 is 5.56. The van der Waals surface area contributed by atoms with E-state index in [1.807, 2.05) is 6.07 Å². The first-order valence-electron chi connectivity index (χ1n) is 3.91. The van der Waals surface area contributed by atoms with Gasteiger partial charge in [0.1, 0.15) is 5.38 Å². The summed E-state index contributed by atoms with van der Waals surface area (Å²) in [7, 11) is 0. The van der Waals surface area contributed by atoms with Gasteiger partial charge in [0.2, 0.25) is 0 Å². The number of hydrogen-bond acceptors (Lipinski definition) is 2. The molecule has 14 heavy (non-hydrogen) atoms. The second kappa shape index (κ2) is 4.64. The van der Waals surface area contributed by atoms with Crippen molar-refractivity contribution in [1.82, 2.24) is 0 Å². The van der Waals surface area contributed by atoms with Crippen LogP contribution in [0.4, 0.5) is 0 Å². The normalized spacial score (nSPS) is 11.7. The minimum atomic E-state index is -1.08. The summed E-state index contributed by atoms with van der Waals surface area (Å²) in [6, 6.07) is 9.51. The molecule has 0 spiro atoms. The van der Waals surface area contributed by atoms with Gasteiger partial charge >= 0.3 is 5.97 Å². The zero-order valence-corrected chi connectivity index (χ0v) is 7.95. The molecule has 0 aromatic heterocycles. The molecule has 71 valence electrons. The van der Waals surface area contributed by atoms with Gasteiger partial charge in [-0.15, -0.1) is 11.6 Å². The molecule has 0 amide bonds. The number of halogens is 1. The summed E-state index contributed by atoms with van der Waals surface area (Å²) in [5.74, 6) is -1.08. The maximum absolute atomic E-state index is 10.5. The summed E-state index contributed by atoms with van der Waals surface area (Å²) < 4.78 is 0. The molecule has 1 rings (SSSR count). The van der Waals surface area contributed by atoms with Crippen molar-refractivity contribution >= 4 is 17.6 Å². The van der Waals surface area contributed by atoms with E-state index in [0.717, 1.165) is 0 Å². The summed E-state index contributed by atoms with van der Waals surface area (Å²) in [6.07, 6.45) is 0.136. The average molecular weight is 209 g/mol. The number of alkyl halides is 1. The number of carbonyl (C=O) groups is 1. The van der Waals surface area contributed by atoms with Crippen molar-refractivity contribution in [3.63, 3.8) is 0 Å². The van der Waals surface area contributed by atoms with Gasteiger partial charge < -0.3 is 5.11 Å². The van der Waals surface area contributed by atoms with Gasteiger partial charge in [0.25, 0.3) is 0 Å². The molecule has 4 heteroatoms. The molecule has 3 nitrogen and oxygen atoms in total. The summed E-state index contributed by atoms with van der Waals surface area (Å²) in [6.45, 7) is 0. The SMILES string of the molecule is N#Cc1cc[c]cc1CC(Cl)C(=O)O. The smallest absolute Gasteiger partial charge is 0.321 e. The predicted molar refractivity (Wildman–Crippen MR) is 51.0 cm³/mol. The lowest BCUT2D eigenvalue weighted by Gasteiger charge is -2.05. The highest BCUT2D eigenvalue weighted by molar-refractivity contribution is 6.29. The summed E-state index contributed by atoms with van der Waals surface area (Å²) in [5.41, 5.74) is 1.05. The second-order valence-corrected chi connectivity index (χ2v) is 3.23. The average Bonchev–Trinajstić information content (AvgIpc) is 2.18. The van der Waals surface area contributed by atoms with E-state index >= 15 is 0 Å². The highest BCUT2D eigenvalue weighted by Gasteiger charge is 2.15. The van der Waals surface area contributed by atoms with Crippen LogP contribution in [0.15, 0.2) is 18.2 Å². The van der Waals surface area contributed by atoms with Gasteiger partial charge in [-0.2, -0.15) is 5.26 Å². The van der Waals surface area contributed by atoms with Gasteiger partial charge in [-0.3, -0.25) is 4.79 Å². The number of nitrogens with zero attached hydrogens (tertiary/aromatic N) is 1. The molecule has 0 aliphatic rings. The lowest BCUT2D eigenvalue weighted by atomic mass is 10.0. The lowest BCUT2D eigenvalue weighted by Crippen LogP contribution is -2.16. The molecule has 0 fully saturated rings. The largest absolute Gasteiger partial charge is 0.480 e. The fourth-order valence-corrected chi connectivity index (χ4v) is 1.19. The predicted octanol–water partition coefficient (Wildman–Crippen LogP) is 1.59. The van der Waals surface area contributed by atoms with Crippen molar-refractivity contribution in [2.24, 2.45) is 0 Å². The maximum Gasteiger partial charge on any atom is 0.321 e. The van der Waals surface area contributed by atoms with Crippen molar-refractivity contribution < 1.29 is 9.90 Å². The van der Waals surface area contributed by atoms with Crippen molar-refractivity contribution in [3.05, 3.63) is 35.4 Å². The topological polar surface area (TPSA) is 61.1 Å². The van der Waals surface area contributed by atoms with Gasteiger partial charge in [0, 0.05) is 6.42 Å². The number of carboxylic acid groups (broad SMARTS) is 1. The van der Waals surface area contributed by atoms with Crippen LogP contribution in [-0.4, -0.2) is 16.5 Å². The van der Waals surface area contributed by atoms with Crippen LogP contribution in [-0.2, 0) is 11.2 Å². The van der Waals surface area contributed by atoms with E-state index < -0.39 is 11.3 Å². The molecule has 1 unspecified atom stereocenters. The first kappa shape index (κ1) is 10.6. The molecule has 0 saturated carbocycles. The zero-order valence-electron chi connectivity index (χ0n) is 7.20. The Morgan fingerprint density at radius 2 is 2.50 bits per heavy atom. The van der Waals surface area contributed by atoms with Gasteiger partial charge in [-0.1, -0.05) is 6.07 Å². The molecule has 1 aromatic carbocycles. The first-order chi connectivity index (χ1) is 6.65. The van der Waals surface area contributed by atoms with E-state index in [1.165, 1.54) is 0 Å². The highest BCUT2D eigenvalue weighted by atomic mass is 35.5. The van der Waals surface area contributed by atoms with Gasteiger partial charge in [0.05, 0.1) is 11.6 Å². The Morgan fingerprint density at radius 1 is 1.79 bits per heavy atom. The number of rotatable bonds is 3. The van der Waals surface area contributed by atoms with E-state index in [0.29, 0.717) is 11.1 Å². The van der Waals surface area contributed by atoms with Crippen LogP contribution in [0.2, 0.25) is 0 Å². The van der Waals surface area contributed by atoms with Gasteiger partial charge in [0.15, 0.2) is 0 Å². The molecule has 0 saturated heterocycles. The third-order valence-electron chi connectivity index (χ3n) is 1.74. The lowest BCUT2D eigenvalue weighted by molar-refractivity contribution is -0.136. The Bertz CT molecular complexity index is 384. The molecule has 0 bridgehead atoms. The van der Waals surface area contributed by atoms with E-state index in [-0.39, 0.29) is 6.42 Å². The Labute approximate surface area is 86.5 Å². The van der Waals surface area contributed by atoms with Crippen molar-refractivity contribution in [1.29, 1.82) is 5.26 Å². The van der Waals surface area contributed by atoms with Crippen molar-refractivity contribution in [2.75, 3.05) is 0 Å². The van der Waals surface area contributed by atoms with E-state index in [2.05, 4.69) is 6.07 Å². The second-order valence-electron chi connectivity index (χ2n) is 2.70. The monoisotopic (exact) mass is 208 g/mol. The molecule has 0 aliphatic carbocycles. The van der Waals surface area contributed by atoms with E-state index in [4.69, 9.17) is 22.0 Å². The molecule has 0 aliphatic heterocycles.